The number of aliphatic hydroxyl groups excluding tert-OH is 1. The van der Waals surface area contributed by atoms with Crippen LogP contribution in [0, 0.1) is 0 Å². The number of aliphatic hydroxyl groups is 1. The maximum absolute atomic E-state index is 12.1. The molecule has 1 heterocycles. The van der Waals surface area contributed by atoms with E-state index in [2.05, 4.69) is 11.7 Å². The minimum atomic E-state index is -0.288. The van der Waals surface area contributed by atoms with E-state index in [4.69, 9.17) is 0 Å². The van der Waals surface area contributed by atoms with Crippen molar-refractivity contribution in [3.63, 3.8) is 0 Å². The van der Waals surface area contributed by atoms with Crippen LogP contribution >= 0.6 is 11.8 Å². The van der Waals surface area contributed by atoms with Crippen molar-refractivity contribution in [3.8, 4) is 0 Å². The Kier molecular flexibility index (Phi) is 12.0. The van der Waals surface area contributed by atoms with E-state index in [0.29, 0.717) is 25.1 Å². The molecule has 0 saturated carbocycles. The number of esters is 1. The molecule has 0 aromatic heterocycles. The molecule has 1 saturated heterocycles. The Morgan fingerprint density at radius 1 is 1.24 bits per heavy atom. The van der Waals surface area contributed by atoms with Crippen LogP contribution in [-0.4, -0.2) is 52.8 Å². The highest BCUT2D eigenvalue weighted by Gasteiger charge is 2.30. The monoisotopic (exact) mass is 373 g/mol. The van der Waals surface area contributed by atoms with Crippen molar-refractivity contribution in [2.24, 2.45) is 0 Å². The third-order valence-electron chi connectivity index (χ3n) is 4.72. The molecule has 0 aromatic carbocycles. The summed E-state index contributed by atoms with van der Waals surface area (Å²) in [7, 11) is 1.42. The van der Waals surface area contributed by atoms with Crippen molar-refractivity contribution in [2.75, 3.05) is 19.4 Å². The van der Waals surface area contributed by atoms with Gasteiger partial charge in [-0.2, -0.15) is 0 Å². The standard InChI is InChI=1S/C19H35NO4S/c1-3-4-7-10-16(21)13-14-20-17(22)15-25-18(20)11-8-5-6-9-12-19(23)24-2/h16,18,21H,3-15H2,1-2H3. The number of methoxy groups -OCH3 is 1. The summed E-state index contributed by atoms with van der Waals surface area (Å²) in [6.07, 6.45) is 10.2. The van der Waals surface area contributed by atoms with E-state index in [0.717, 1.165) is 57.8 Å². The van der Waals surface area contributed by atoms with Gasteiger partial charge in [-0.1, -0.05) is 45.4 Å². The van der Waals surface area contributed by atoms with Gasteiger partial charge in [0.05, 0.1) is 24.3 Å². The van der Waals surface area contributed by atoms with Gasteiger partial charge in [0.25, 0.3) is 0 Å². The van der Waals surface area contributed by atoms with E-state index < -0.39 is 0 Å². The van der Waals surface area contributed by atoms with Crippen LogP contribution in [-0.2, 0) is 14.3 Å². The molecule has 146 valence electrons. The molecule has 0 spiro atoms. The fourth-order valence-electron chi connectivity index (χ4n) is 3.12. The second kappa shape index (κ2) is 13.5. The lowest BCUT2D eigenvalue weighted by Gasteiger charge is -2.25. The summed E-state index contributed by atoms with van der Waals surface area (Å²) in [5, 5.41) is 10.3. The van der Waals surface area contributed by atoms with Gasteiger partial charge in [-0.15, -0.1) is 11.8 Å². The normalized spacial score (nSPS) is 18.6. The number of amides is 1. The van der Waals surface area contributed by atoms with Crippen LogP contribution in [0.25, 0.3) is 0 Å². The predicted molar refractivity (Wildman–Crippen MR) is 102 cm³/mol. The molecule has 1 rings (SSSR count). The molecule has 2 atom stereocenters. The van der Waals surface area contributed by atoms with Gasteiger partial charge in [0.2, 0.25) is 5.91 Å². The molecule has 5 nitrogen and oxygen atoms in total. The van der Waals surface area contributed by atoms with Crippen molar-refractivity contribution in [3.05, 3.63) is 0 Å². The Morgan fingerprint density at radius 3 is 2.72 bits per heavy atom. The van der Waals surface area contributed by atoms with Crippen LogP contribution in [0.2, 0.25) is 0 Å². The molecule has 0 aliphatic carbocycles. The van der Waals surface area contributed by atoms with Crippen LogP contribution < -0.4 is 0 Å². The lowest BCUT2D eigenvalue weighted by Crippen LogP contribution is -2.35. The van der Waals surface area contributed by atoms with E-state index in [-0.39, 0.29) is 23.4 Å². The van der Waals surface area contributed by atoms with Crippen LogP contribution in [0.3, 0.4) is 0 Å². The number of hydrogen-bond donors (Lipinski definition) is 1. The Hall–Kier alpha value is -0.750. The SMILES string of the molecule is CCCCCC(O)CCN1C(=O)CSC1CCCCCCC(=O)OC. The van der Waals surface area contributed by atoms with Crippen molar-refractivity contribution >= 4 is 23.6 Å². The molecule has 0 radical (unpaired) electrons. The second-order valence-electron chi connectivity index (χ2n) is 6.82. The number of carbonyl (C=O) groups is 2. The highest BCUT2D eigenvalue weighted by Crippen LogP contribution is 2.29. The summed E-state index contributed by atoms with van der Waals surface area (Å²) >= 11 is 1.72. The quantitative estimate of drug-likeness (QED) is 0.371. The fourth-order valence-corrected chi connectivity index (χ4v) is 4.35. The van der Waals surface area contributed by atoms with E-state index in [9.17, 15) is 14.7 Å². The van der Waals surface area contributed by atoms with Gasteiger partial charge in [0.1, 0.15) is 0 Å². The van der Waals surface area contributed by atoms with Gasteiger partial charge < -0.3 is 14.7 Å². The van der Waals surface area contributed by atoms with Crippen LogP contribution in [0.4, 0.5) is 0 Å². The van der Waals surface area contributed by atoms with E-state index in [1.807, 2.05) is 4.90 Å². The molecule has 2 unspecified atom stereocenters. The summed E-state index contributed by atoms with van der Waals surface area (Å²) in [5.74, 6) is 0.640. The first kappa shape index (κ1) is 22.3. The average molecular weight is 374 g/mol. The number of thioether (sulfide) groups is 1. The average Bonchev–Trinajstić information content (AvgIpc) is 2.96. The Balaban J connectivity index is 2.18. The number of nitrogens with zero attached hydrogens (tertiary/aromatic N) is 1. The van der Waals surface area contributed by atoms with E-state index >= 15 is 0 Å². The smallest absolute Gasteiger partial charge is 0.305 e. The summed E-state index contributed by atoms with van der Waals surface area (Å²) < 4.78 is 4.63. The number of rotatable bonds is 14. The van der Waals surface area contributed by atoms with Gasteiger partial charge in [-0.3, -0.25) is 9.59 Å². The first-order valence-corrected chi connectivity index (χ1v) is 10.8. The van der Waals surface area contributed by atoms with Gasteiger partial charge >= 0.3 is 5.97 Å². The zero-order valence-corrected chi connectivity index (χ0v) is 16.7. The topological polar surface area (TPSA) is 66.8 Å². The third-order valence-corrected chi connectivity index (χ3v) is 6.01. The van der Waals surface area contributed by atoms with Gasteiger partial charge in [-0.05, 0) is 25.7 Å². The zero-order valence-electron chi connectivity index (χ0n) is 15.9. The maximum atomic E-state index is 12.1. The number of carbonyl (C=O) groups excluding carboxylic acids is 2. The maximum Gasteiger partial charge on any atom is 0.305 e. The first-order valence-electron chi connectivity index (χ1n) is 9.74. The van der Waals surface area contributed by atoms with Crippen molar-refractivity contribution in [1.29, 1.82) is 0 Å². The Morgan fingerprint density at radius 2 is 2.00 bits per heavy atom. The molecule has 1 amide bonds. The third kappa shape index (κ3) is 9.50. The van der Waals surface area contributed by atoms with Crippen LogP contribution in [0.5, 0.6) is 0 Å². The molecular formula is C19H35NO4S. The summed E-state index contributed by atoms with van der Waals surface area (Å²) in [6.45, 7) is 2.83. The minimum Gasteiger partial charge on any atom is -0.469 e. The Labute approximate surface area is 156 Å². The number of unbranched alkanes of at least 4 members (excludes halogenated alkanes) is 5. The minimum absolute atomic E-state index is 0.138. The molecule has 6 heteroatoms. The van der Waals surface area contributed by atoms with Crippen molar-refractivity contribution < 1.29 is 19.4 Å². The first-order chi connectivity index (χ1) is 12.1. The fraction of sp³-hybridized carbons (Fsp3) is 0.895. The lowest BCUT2D eigenvalue weighted by molar-refractivity contribution is -0.140. The van der Waals surface area contributed by atoms with E-state index in [1.54, 1.807) is 11.8 Å². The number of hydrogen-bond acceptors (Lipinski definition) is 5. The van der Waals surface area contributed by atoms with Crippen molar-refractivity contribution in [1.82, 2.24) is 4.90 Å². The second-order valence-corrected chi connectivity index (χ2v) is 7.99. The largest absolute Gasteiger partial charge is 0.469 e. The Bertz CT molecular complexity index is 392. The molecule has 1 aliphatic rings. The van der Waals surface area contributed by atoms with E-state index in [1.165, 1.54) is 7.11 Å². The summed E-state index contributed by atoms with van der Waals surface area (Å²) in [4.78, 5) is 25.1. The molecule has 0 bridgehead atoms. The predicted octanol–water partition coefficient (Wildman–Crippen LogP) is 3.73. The van der Waals surface area contributed by atoms with Gasteiger partial charge in [-0.25, -0.2) is 0 Å². The highest BCUT2D eigenvalue weighted by molar-refractivity contribution is 8.00. The molecule has 1 fully saturated rings. The van der Waals surface area contributed by atoms with Crippen LogP contribution in [0.15, 0.2) is 0 Å². The van der Waals surface area contributed by atoms with Crippen LogP contribution in [0.1, 0.15) is 77.6 Å². The van der Waals surface area contributed by atoms with Gasteiger partial charge in [0.15, 0.2) is 0 Å². The summed E-state index contributed by atoms with van der Waals surface area (Å²) in [6, 6.07) is 0. The molecule has 1 N–H and O–H groups in total. The molecular weight excluding hydrogens is 338 g/mol. The lowest BCUT2D eigenvalue weighted by atomic mass is 10.1. The summed E-state index contributed by atoms with van der Waals surface area (Å²) in [5.41, 5.74) is 0. The molecule has 25 heavy (non-hydrogen) atoms. The highest BCUT2D eigenvalue weighted by atomic mass is 32.2. The zero-order chi connectivity index (χ0) is 18.5. The van der Waals surface area contributed by atoms with Crippen molar-refractivity contribution in [2.45, 2.75) is 89.0 Å². The molecule has 1 aliphatic heterocycles. The number of ether oxygens (including phenoxy) is 1. The molecule has 0 aromatic rings. The van der Waals surface area contributed by atoms with Gasteiger partial charge in [0, 0.05) is 13.0 Å².